The Morgan fingerprint density at radius 3 is 2.93 bits per heavy atom. The molecule has 0 unspecified atom stereocenters. The first-order valence-corrected chi connectivity index (χ1v) is 9.47. The van der Waals surface area contributed by atoms with E-state index < -0.39 is 0 Å². The van der Waals surface area contributed by atoms with Crippen LogP contribution in [-0.4, -0.2) is 27.5 Å². The highest BCUT2D eigenvalue weighted by molar-refractivity contribution is 5.94. The number of amides is 1. The fourth-order valence-electron chi connectivity index (χ4n) is 3.50. The van der Waals surface area contributed by atoms with E-state index in [0.717, 1.165) is 18.4 Å². The molecule has 0 radical (unpaired) electrons. The van der Waals surface area contributed by atoms with E-state index in [-0.39, 0.29) is 11.9 Å². The molecule has 3 aromatic rings. The Balaban J connectivity index is 1.47. The fourth-order valence-corrected chi connectivity index (χ4v) is 3.50. The van der Waals surface area contributed by atoms with Crippen molar-refractivity contribution in [3.63, 3.8) is 0 Å². The van der Waals surface area contributed by atoms with E-state index in [1.807, 2.05) is 18.2 Å². The number of nitriles is 1. The molecule has 0 bridgehead atoms. The minimum atomic E-state index is -0.183. The van der Waals surface area contributed by atoms with Crippen molar-refractivity contribution in [1.29, 1.82) is 5.26 Å². The maximum Gasteiger partial charge on any atom is 0.254 e. The van der Waals surface area contributed by atoms with Gasteiger partial charge in [-0.05, 0) is 48.7 Å². The Bertz CT molecular complexity index is 1070. The van der Waals surface area contributed by atoms with E-state index in [4.69, 9.17) is 14.4 Å². The van der Waals surface area contributed by atoms with Gasteiger partial charge in [-0.2, -0.15) is 5.26 Å². The van der Waals surface area contributed by atoms with Crippen molar-refractivity contribution in [2.45, 2.75) is 32.4 Å². The quantitative estimate of drug-likeness (QED) is 0.660. The summed E-state index contributed by atoms with van der Waals surface area (Å²) >= 11 is 0. The van der Waals surface area contributed by atoms with Crippen molar-refractivity contribution in [1.82, 2.24) is 15.1 Å². The van der Waals surface area contributed by atoms with E-state index in [2.05, 4.69) is 16.3 Å². The highest BCUT2D eigenvalue weighted by Gasteiger charge is 2.34. The molecule has 0 N–H and O–H groups in total. The fraction of sp³-hybridized carbons (Fsp3) is 0.273. The SMILES string of the molecule is Cc1nnc([C@@H]2CCCN2C(=O)c2cccc(COc3cccc(C#N)c3)c2)o1. The van der Waals surface area contributed by atoms with Crippen LogP contribution in [0.2, 0.25) is 0 Å². The first-order chi connectivity index (χ1) is 14.1. The van der Waals surface area contributed by atoms with Crippen molar-refractivity contribution >= 4 is 5.91 Å². The summed E-state index contributed by atoms with van der Waals surface area (Å²) in [5, 5.41) is 17.0. The van der Waals surface area contributed by atoms with Crippen LogP contribution in [0.3, 0.4) is 0 Å². The third-order valence-electron chi connectivity index (χ3n) is 4.88. The number of rotatable bonds is 5. The van der Waals surface area contributed by atoms with Gasteiger partial charge in [-0.25, -0.2) is 0 Å². The molecule has 7 nitrogen and oxygen atoms in total. The zero-order chi connectivity index (χ0) is 20.2. The monoisotopic (exact) mass is 388 g/mol. The summed E-state index contributed by atoms with van der Waals surface area (Å²) in [4.78, 5) is 14.9. The number of carbonyl (C=O) groups excluding carboxylic acids is 1. The Morgan fingerprint density at radius 1 is 1.28 bits per heavy atom. The topological polar surface area (TPSA) is 92.3 Å². The second-order valence-electron chi connectivity index (χ2n) is 6.94. The molecular formula is C22H20N4O3. The molecule has 4 rings (SSSR count). The lowest BCUT2D eigenvalue weighted by atomic mass is 10.1. The van der Waals surface area contributed by atoms with Gasteiger partial charge in [0.15, 0.2) is 0 Å². The van der Waals surface area contributed by atoms with Crippen molar-refractivity contribution in [2.24, 2.45) is 0 Å². The van der Waals surface area contributed by atoms with Crippen LogP contribution in [0, 0.1) is 18.3 Å². The number of carbonyl (C=O) groups is 1. The first-order valence-electron chi connectivity index (χ1n) is 9.47. The molecule has 1 fully saturated rings. The summed E-state index contributed by atoms with van der Waals surface area (Å²) in [6, 6.07) is 16.3. The van der Waals surface area contributed by atoms with Crippen molar-refractivity contribution < 1.29 is 13.9 Å². The molecule has 1 atom stereocenters. The molecule has 1 saturated heterocycles. The van der Waals surface area contributed by atoms with E-state index in [1.165, 1.54) is 0 Å². The highest BCUT2D eigenvalue weighted by Crippen LogP contribution is 2.32. The molecule has 2 aromatic carbocycles. The summed E-state index contributed by atoms with van der Waals surface area (Å²) in [5.74, 6) is 1.55. The van der Waals surface area contributed by atoms with E-state index >= 15 is 0 Å². The summed E-state index contributed by atoms with van der Waals surface area (Å²) < 4.78 is 11.3. The van der Waals surface area contributed by atoms with Crippen molar-refractivity contribution in [3.8, 4) is 11.8 Å². The predicted octanol–water partition coefficient (Wildman–Crippen LogP) is 3.81. The van der Waals surface area contributed by atoms with Crippen LogP contribution in [-0.2, 0) is 6.61 Å². The molecule has 146 valence electrons. The smallest absolute Gasteiger partial charge is 0.254 e. The first kappa shape index (κ1) is 18.7. The number of hydrogen-bond donors (Lipinski definition) is 0. The molecule has 1 aliphatic rings. The molecule has 1 amide bonds. The second kappa shape index (κ2) is 8.15. The van der Waals surface area contributed by atoms with Gasteiger partial charge in [0.25, 0.3) is 5.91 Å². The molecular weight excluding hydrogens is 368 g/mol. The highest BCUT2D eigenvalue weighted by atomic mass is 16.5. The third-order valence-corrected chi connectivity index (χ3v) is 4.88. The van der Waals surface area contributed by atoms with Crippen LogP contribution >= 0.6 is 0 Å². The van der Waals surface area contributed by atoms with Crippen LogP contribution in [0.1, 0.15) is 52.1 Å². The second-order valence-corrected chi connectivity index (χ2v) is 6.94. The molecule has 0 saturated carbocycles. The maximum atomic E-state index is 13.1. The lowest BCUT2D eigenvalue weighted by molar-refractivity contribution is 0.0714. The average molecular weight is 388 g/mol. The Hall–Kier alpha value is -3.66. The molecule has 7 heteroatoms. The molecule has 1 aromatic heterocycles. The lowest BCUT2D eigenvalue weighted by Crippen LogP contribution is -2.30. The van der Waals surface area contributed by atoms with Gasteiger partial charge in [-0.1, -0.05) is 18.2 Å². The number of nitrogens with zero attached hydrogens (tertiary/aromatic N) is 4. The normalized spacial score (nSPS) is 15.9. The third kappa shape index (κ3) is 4.11. The van der Waals surface area contributed by atoms with Gasteiger partial charge in [0, 0.05) is 19.0 Å². The van der Waals surface area contributed by atoms with Gasteiger partial charge in [-0.15, -0.1) is 10.2 Å². The molecule has 29 heavy (non-hydrogen) atoms. The molecule has 0 spiro atoms. The van der Waals surface area contributed by atoms with Crippen molar-refractivity contribution in [2.75, 3.05) is 6.54 Å². The van der Waals surface area contributed by atoms with E-state index in [1.54, 1.807) is 42.2 Å². The van der Waals surface area contributed by atoms with Crippen LogP contribution in [0.25, 0.3) is 0 Å². The summed E-state index contributed by atoms with van der Waals surface area (Å²) in [6.45, 7) is 2.71. The summed E-state index contributed by atoms with van der Waals surface area (Å²) in [7, 11) is 0. The van der Waals surface area contributed by atoms with Gasteiger partial charge in [0.2, 0.25) is 11.8 Å². The van der Waals surface area contributed by atoms with Crippen LogP contribution in [0.15, 0.2) is 52.9 Å². The average Bonchev–Trinajstić information content (AvgIpc) is 3.41. The number of hydrogen-bond acceptors (Lipinski definition) is 6. The minimum Gasteiger partial charge on any atom is -0.489 e. The molecule has 1 aliphatic heterocycles. The van der Waals surface area contributed by atoms with Gasteiger partial charge in [-0.3, -0.25) is 4.79 Å². The Kier molecular flexibility index (Phi) is 5.25. The van der Waals surface area contributed by atoms with Gasteiger partial charge in [0.05, 0.1) is 11.6 Å². The predicted molar refractivity (Wildman–Crippen MR) is 104 cm³/mol. The van der Waals surface area contributed by atoms with Crippen LogP contribution in [0.4, 0.5) is 0 Å². The lowest BCUT2D eigenvalue weighted by Gasteiger charge is -2.22. The summed E-state index contributed by atoms with van der Waals surface area (Å²) in [5.41, 5.74) is 2.02. The van der Waals surface area contributed by atoms with Gasteiger partial charge >= 0.3 is 0 Å². The minimum absolute atomic E-state index is 0.0586. The van der Waals surface area contributed by atoms with Gasteiger partial charge < -0.3 is 14.1 Å². The number of benzene rings is 2. The van der Waals surface area contributed by atoms with Crippen LogP contribution in [0.5, 0.6) is 5.75 Å². The number of likely N-dealkylation sites (tertiary alicyclic amines) is 1. The van der Waals surface area contributed by atoms with Crippen LogP contribution < -0.4 is 4.74 Å². The van der Waals surface area contributed by atoms with E-state index in [0.29, 0.717) is 41.8 Å². The van der Waals surface area contributed by atoms with Crippen molar-refractivity contribution in [3.05, 3.63) is 77.0 Å². The number of ether oxygens (including phenoxy) is 1. The number of aromatic nitrogens is 2. The zero-order valence-corrected chi connectivity index (χ0v) is 16.0. The zero-order valence-electron chi connectivity index (χ0n) is 16.0. The maximum absolute atomic E-state index is 13.1. The van der Waals surface area contributed by atoms with E-state index in [9.17, 15) is 4.79 Å². The Morgan fingerprint density at radius 2 is 2.14 bits per heavy atom. The standard InChI is InChI=1S/C22H20N4O3/c1-15-24-25-21(29-15)20-9-4-10-26(20)22(27)18-7-2-6-17(11-18)14-28-19-8-3-5-16(12-19)13-23/h2-3,5-8,11-12,20H,4,9-10,14H2,1H3/t20-/m0/s1. The number of aryl methyl sites for hydroxylation is 1. The largest absolute Gasteiger partial charge is 0.489 e. The molecule has 0 aliphatic carbocycles. The summed E-state index contributed by atoms with van der Waals surface area (Å²) in [6.07, 6.45) is 1.71. The van der Waals surface area contributed by atoms with Gasteiger partial charge in [0.1, 0.15) is 18.4 Å². The molecule has 2 heterocycles. The Labute approximate surface area is 168 Å².